The highest BCUT2D eigenvalue weighted by molar-refractivity contribution is 9.10. The van der Waals surface area contributed by atoms with E-state index in [9.17, 15) is 35.1 Å². The van der Waals surface area contributed by atoms with E-state index in [0.29, 0.717) is 12.1 Å². The molecule has 11 heteroatoms. The Labute approximate surface area is 120 Å². The number of aliphatic hydroxyl groups is 1. The quantitative estimate of drug-likeness (QED) is 0.779. The molecular formula is C10H5BrF8O2. The highest BCUT2D eigenvalue weighted by Crippen LogP contribution is 2.51. The maximum Gasteiger partial charge on any atom is 0.430 e. The smallest absolute Gasteiger partial charge is 0.430 e. The topological polar surface area (TPSA) is 29.5 Å². The molecule has 0 amide bonds. The van der Waals surface area contributed by atoms with E-state index >= 15 is 0 Å². The van der Waals surface area contributed by atoms with E-state index in [1.807, 2.05) is 0 Å². The number of halogens is 9. The molecule has 1 rings (SSSR count). The third-order valence-electron chi connectivity index (χ3n) is 2.39. The highest BCUT2D eigenvalue weighted by Gasteiger charge is 2.71. The Bertz CT molecular complexity index is 497. The molecular weight excluding hydrogens is 384 g/mol. The first-order chi connectivity index (χ1) is 9.30. The minimum Gasteiger partial charge on any atom is -0.434 e. The van der Waals surface area contributed by atoms with Crippen molar-refractivity contribution in [3.8, 4) is 5.75 Å². The summed E-state index contributed by atoms with van der Waals surface area (Å²) in [4.78, 5) is 0. The van der Waals surface area contributed by atoms with Gasteiger partial charge >= 0.3 is 19.0 Å². The second-order valence-electron chi connectivity index (χ2n) is 3.73. The van der Waals surface area contributed by atoms with E-state index < -0.39 is 35.9 Å². The molecule has 0 aliphatic heterocycles. The normalized spacial score (nSPS) is 13.7. The SMILES string of the molecule is OC(c1ccc(Br)c(OC(F)F)c1)(C(F)(F)F)C(F)(F)F. The lowest BCUT2D eigenvalue weighted by Crippen LogP contribution is -2.53. The molecule has 1 aromatic carbocycles. The van der Waals surface area contributed by atoms with Gasteiger partial charge in [0, 0.05) is 5.56 Å². The predicted molar refractivity (Wildman–Crippen MR) is 56.8 cm³/mol. The molecule has 21 heavy (non-hydrogen) atoms. The van der Waals surface area contributed by atoms with Crippen molar-refractivity contribution in [3.05, 3.63) is 28.2 Å². The summed E-state index contributed by atoms with van der Waals surface area (Å²) in [6, 6.07) is 0.954. The van der Waals surface area contributed by atoms with E-state index in [1.165, 1.54) is 0 Å². The van der Waals surface area contributed by atoms with Crippen LogP contribution in [0.5, 0.6) is 5.75 Å². The maximum atomic E-state index is 12.6. The Balaban J connectivity index is 3.48. The average molecular weight is 389 g/mol. The van der Waals surface area contributed by atoms with Crippen LogP contribution in [0.2, 0.25) is 0 Å². The first-order valence-electron chi connectivity index (χ1n) is 4.91. The lowest BCUT2D eigenvalue weighted by Gasteiger charge is -2.32. The molecule has 1 N–H and O–H groups in total. The molecule has 0 fully saturated rings. The van der Waals surface area contributed by atoms with Crippen LogP contribution in [-0.2, 0) is 5.60 Å². The lowest BCUT2D eigenvalue weighted by molar-refractivity contribution is -0.376. The van der Waals surface area contributed by atoms with Crippen molar-refractivity contribution in [2.24, 2.45) is 0 Å². The van der Waals surface area contributed by atoms with Gasteiger partial charge in [0.25, 0.3) is 5.60 Å². The monoisotopic (exact) mass is 388 g/mol. The summed E-state index contributed by atoms with van der Waals surface area (Å²) >= 11 is 2.62. The van der Waals surface area contributed by atoms with Gasteiger partial charge in [0.1, 0.15) is 5.75 Å². The molecule has 0 aliphatic carbocycles. The van der Waals surface area contributed by atoms with Crippen molar-refractivity contribution in [1.29, 1.82) is 0 Å². The number of benzene rings is 1. The second-order valence-corrected chi connectivity index (χ2v) is 4.58. The minimum absolute atomic E-state index is 0.0389. The van der Waals surface area contributed by atoms with Gasteiger partial charge in [-0.2, -0.15) is 35.1 Å². The minimum atomic E-state index is -6.11. The van der Waals surface area contributed by atoms with Crippen molar-refractivity contribution in [3.63, 3.8) is 0 Å². The van der Waals surface area contributed by atoms with Crippen LogP contribution in [0.3, 0.4) is 0 Å². The molecule has 0 radical (unpaired) electrons. The molecule has 0 bridgehead atoms. The number of hydrogen-bond donors (Lipinski definition) is 1. The molecule has 120 valence electrons. The number of alkyl halides is 8. The Morgan fingerprint density at radius 2 is 1.48 bits per heavy atom. The Morgan fingerprint density at radius 3 is 1.86 bits per heavy atom. The van der Waals surface area contributed by atoms with Crippen LogP contribution in [-0.4, -0.2) is 24.1 Å². The fourth-order valence-electron chi connectivity index (χ4n) is 1.40. The van der Waals surface area contributed by atoms with Crippen LogP contribution in [0.15, 0.2) is 22.7 Å². The average Bonchev–Trinajstić information content (AvgIpc) is 2.27. The Kier molecular flexibility index (Phi) is 4.78. The summed E-state index contributed by atoms with van der Waals surface area (Å²) in [5, 5.41) is 9.10. The zero-order valence-corrected chi connectivity index (χ0v) is 11.2. The summed E-state index contributed by atoms with van der Waals surface area (Å²) in [7, 11) is 0. The van der Waals surface area contributed by atoms with Crippen molar-refractivity contribution < 1.29 is 45.0 Å². The number of rotatable bonds is 3. The molecule has 0 unspecified atom stereocenters. The largest absolute Gasteiger partial charge is 0.434 e. The number of ether oxygens (including phenoxy) is 1. The van der Waals surface area contributed by atoms with Gasteiger partial charge in [-0.1, -0.05) is 6.07 Å². The van der Waals surface area contributed by atoms with Gasteiger partial charge in [0.2, 0.25) is 0 Å². The second kappa shape index (κ2) is 5.59. The summed E-state index contributed by atoms with van der Waals surface area (Å²) in [6.07, 6.45) is -12.2. The fraction of sp³-hybridized carbons (Fsp3) is 0.400. The van der Waals surface area contributed by atoms with E-state index in [0.717, 1.165) is 0 Å². The first-order valence-corrected chi connectivity index (χ1v) is 5.70. The van der Waals surface area contributed by atoms with Crippen LogP contribution >= 0.6 is 15.9 Å². The molecule has 1 aromatic rings. The van der Waals surface area contributed by atoms with Gasteiger partial charge in [-0.3, -0.25) is 0 Å². The zero-order valence-electron chi connectivity index (χ0n) is 9.57. The van der Waals surface area contributed by atoms with Crippen molar-refractivity contribution in [1.82, 2.24) is 0 Å². The lowest BCUT2D eigenvalue weighted by atomic mass is 9.92. The Hall–Kier alpha value is -1.10. The maximum absolute atomic E-state index is 12.6. The Morgan fingerprint density at radius 1 is 1.00 bits per heavy atom. The van der Waals surface area contributed by atoms with Gasteiger partial charge < -0.3 is 9.84 Å². The van der Waals surface area contributed by atoms with Gasteiger partial charge in [0.15, 0.2) is 0 Å². The molecule has 0 aromatic heterocycles. The molecule has 0 heterocycles. The molecule has 0 atom stereocenters. The van der Waals surface area contributed by atoms with Crippen LogP contribution in [0.1, 0.15) is 5.56 Å². The fourth-order valence-corrected chi connectivity index (χ4v) is 1.74. The third-order valence-corrected chi connectivity index (χ3v) is 3.04. The van der Waals surface area contributed by atoms with Crippen LogP contribution in [0, 0.1) is 0 Å². The highest BCUT2D eigenvalue weighted by atomic mass is 79.9. The summed E-state index contributed by atoms with van der Waals surface area (Å²) in [5.74, 6) is -0.977. The predicted octanol–water partition coefficient (Wildman–Crippen LogP) is 4.36. The third kappa shape index (κ3) is 3.39. The van der Waals surface area contributed by atoms with E-state index in [-0.39, 0.29) is 10.5 Å². The van der Waals surface area contributed by atoms with Crippen LogP contribution < -0.4 is 4.74 Å². The van der Waals surface area contributed by atoms with Crippen LogP contribution in [0.4, 0.5) is 35.1 Å². The van der Waals surface area contributed by atoms with E-state index in [4.69, 9.17) is 5.11 Å². The van der Waals surface area contributed by atoms with Crippen molar-refractivity contribution in [2.75, 3.05) is 0 Å². The van der Waals surface area contributed by atoms with Crippen molar-refractivity contribution >= 4 is 15.9 Å². The molecule has 0 saturated heterocycles. The van der Waals surface area contributed by atoms with Gasteiger partial charge in [0.05, 0.1) is 4.47 Å². The summed E-state index contributed by atoms with van der Waals surface area (Å²) in [6.45, 7) is -3.47. The summed E-state index contributed by atoms with van der Waals surface area (Å²) < 4.78 is 103. The van der Waals surface area contributed by atoms with E-state index in [1.54, 1.807) is 0 Å². The standard InChI is InChI=1S/C10H5BrF8O2/c11-5-2-1-4(3-6(5)21-7(12)13)8(20,9(14,15)16)10(17,18)19/h1-3,7,20H. The molecule has 0 spiro atoms. The van der Waals surface area contributed by atoms with Crippen molar-refractivity contribution in [2.45, 2.75) is 24.6 Å². The molecule has 2 nitrogen and oxygen atoms in total. The number of hydrogen-bond acceptors (Lipinski definition) is 2. The first kappa shape index (κ1) is 18.0. The van der Waals surface area contributed by atoms with Crippen LogP contribution in [0.25, 0.3) is 0 Å². The zero-order chi connectivity index (χ0) is 16.6. The van der Waals surface area contributed by atoms with Gasteiger partial charge in [-0.15, -0.1) is 0 Å². The molecule has 0 saturated carbocycles. The summed E-state index contributed by atoms with van der Waals surface area (Å²) in [5.41, 5.74) is -6.90. The van der Waals surface area contributed by atoms with Gasteiger partial charge in [-0.05, 0) is 28.1 Å². The van der Waals surface area contributed by atoms with Gasteiger partial charge in [-0.25, -0.2) is 0 Å². The van der Waals surface area contributed by atoms with E-state index in [2.05, 4.69) is 20.7 Å². The molecule has 0 aliphatic rings.